The van der Waals surface area contributed by atoms with Crippen molar-refractivity contribution >= 4 is 33.7 Å². The summed E-state index contributed by atoms with van der Waals surface area (Å²) in [6.45, 7) is 1.55. The van der Waals surface area contributed by atoms with Gasteiger partial charge in [0.15, 0.2) is 11.8 Å². The third-order valence-electron chi connectivity index (χ3n) is 5.59. The number of rotatable bonds is 7. The second kappa shape index (κ2) is 8.78. The van der Waals surface area contributed by atoms with Crippen LogP contribution < -0.4 is 5.56 Å². The number of carbonyl (C=O) groups is 2. The SMILES string of the molecule is CC(OC(=O)CCc1nc2c(cnn2-c2ccccc2)c(=O)[nH]1)C(=O)c1c[nH]c2ccccc12. The van der Waals surface area contributed by atoms with E-state index in [1.165, 1.54) is 6.20 Å². The highest BCUT2D eigenvalue weighted by Crippen LogP contribution is 2.20. The quantitative estimate of drug-likeness (QED) is 0.287. The van der Waals surface area contributed by atoms with E-state index in [0.29, 0.717) is 22.4 Å². The minimum atomic E-state index is -0.944. The topological polar surface area (TPSA) is 123 Å². The zero-order chi connectivity index (χ0) is 23.7. The monoisotopic (exact) mass is 455 g/mol. The number of hydrogen-bond donors (Lipinski definition) is 2. The third kappa shape index (κ3) is 3.99. The Morgan fingerprint density at radius 1 is 1.06 bits per heavy atom. The van der Waals surface area contributed by atoms with E-state index in [0.717, 1.165) is 16.6 Å². The fourth-order valence-corrected chi connectivity index (χ4v) is 3.86. The normalized spacial score (nSPS) is 12.1. The van der Waals surface area contributed by atoms with Crippen molar-refractivity contribution in [3.05, 3.63) is 88.7 Å². The van der Waals surface area contributed by atoms with Crippen molar-refractivity contribution in [3.63, 3.8) is 0 Å². The molecule has 5 rings (SSSR count). The van der Waals surface area contributed by atoms with Crippen LogP contribution in [0.1, 0.15) is 29.5 Å². The first-order chi connectivity index (χ1) is 16.5. The van der Waals surface area contributed by atoms with Crippen LogP contribution in [-0.4, -0.2) is 42.6 Å². The fraction of sp³-hybridized carbons (Fsp3) is 0.160. The number of aromatic amines is 2. The van der Waals surface area contributed by atoms with Crippen LogP contribution >= 0.6 is 0 Å². The van der Waals surface area contributed by atoms with Gasteiger partial charge in [-0.1, -0.05) is 36.4 Å². The van der Waals surface area contributed by atoms with Crippen molar-refractivity contribution in [3.8, 4) is 5.69 Å². The molecular weight excluding hydrogens is 434 g/mol. The molecule has 9 heteroatoms. The van der Waals surface area contributed by atoms with Gasteiger partial charge in [0, 0.05) is 29.1 Å². The van der Waals surface area contributed by atoms with Crippen molar-refractivity contribution in [1.82, 2.24) is 24.7 Å². The molecule has 2 aromatic carbocycles. The molecule has 0 aliphatic rings. The lowest BCUT2D eigenvalue weighted by molar-refractivity contribution is -0.146. The molecule has 0 bridgehead atoms. The van der Waals surface area contributed by atoms with E-state index in [1.807, 2.05) is 54.6 Å². The second-order valence-electron chi connectivity index (χ2n) is 7.89. The standard InChI is InChI=1S/C25H21N5O4/c1-15(23(32)18-13-26-20-10-6-5-9-17(18)20)34-22(31)12-11-21-28-24-19(25(33)29-21)14-27-30(24)16-7-3-2-4-8-16/h2-10,13-15,26H,11-12H2,1H3,(H,28,29,33). The van der Waals surface area contributed by atoms with E-state index in [9.17, 15) is 14.4 Å². The molecule has 0 aliphatic carbocycles. The number of benzene rings is 2. The molecule has 9 nitrogen and oxygen atoms in total. The van der Waals surface area contributed by atoms with E-state index in [2.05, 4.69) is 20.1 Å². The van der Waals surface area contributed by atoms with Gasteiger partial charge in [-0.25, -0.2) is 9.67 Å². The average molecular weight is 455 g/mol. The van der Waals surface area contributed by atoms with Gasteiger partial charge in [-0.05, 0) is 25.1 Å². The molecule has 3 heterocycles. The maximum atomic E-state index is 12.8. The summed E-state index contributed by atoms with van der Waals surface area (Å²) in [5.41, 5.74) is 2.15. The summed E-state index contributed by atoms with van der Waals surface area (Å²) in [7, 11) is 0. The highest BCUT2D eigenvalue weighted by Gasteiger charge is 2.22. The minimum Gasteiger partial charge on any atom is -0.454 e. The fourth-order valence-electron chi connectivity index (χ4n) is 3.86. The lowest BCUT2D eigenvalue weighted by Gasteiger charge is -2.12. The van der Waals surface area contributed by atoms with Crippen LogP contribution in [-0.2, 0) is 16.0 Å². The number of ether oxygens (including phenoxy) is 1. The van der Waals surface area contributed by atoms with Crippen LogP contribution in [0.4, 0.5) is 0 Å². The van der Waals surface area contributed by atoms with Crippen LogP contribution in [0.2, 0.25) is 0 Å². The molecule has 170 valence electrons. The molecule has 5 aromatic rings. The smallest absolute Gasteiger partial charge is 0.306 e. The second-order valence-corrected chi connectivity index (χ2v) is 7.89. The molecule has 0 amide bonds. The summed E-state index contributed by atoms with van der Waals surface area (Å²) in [6, 6.07) is 16.8. The van der Waals surface area contributed by atoms with Gasteiger partial charge in [-0.15, -0.1) is 0 Å². The number of para-hydroxylation sites is 2. The number of fused-ring (bicyclic) bond motifs is 2. The van der Waals surface area contributed by atoms with E-state index < -0.39 is 12.1 Å². The highest BCUT2D eigenvalue weighted by atomic mass is 16.5. The molecule has 34 heavy (non-hydrogen) atoms. The molecule has 0 saturated heterocycles. The summed E-state index contributed by atoms with van der Waals surface area (Å²) in [4.78, 5) is 47.9. The number of H-pyrrole nitrogens is 2. The summed E-state index contributed by atoms with van der Waals surface area (Å²) < 4.78 is 6.94. The van der Waals surface area contributed by atoms with Gasteiger partial charge in [0.25, 0.3) is 5.56 Å². The number of aryl methyl sites for hydroxylation is 1. The maximum Gasteiger partial charge on any atom is 0.306 e. The number of nitrogens with one attached hydrogen (secondary N) is 2. The highest BCUT2D eigenvalue weighted by molar-refractivity contribution is 6.10. The van der Waals surface area contributed by atoms with Gasteiger partial charge < -0.3 is 14.7 Å². The Labute approximate surface area is 193 Å². The van der Waals surface area contributed by atoms with Gasteiger partial charge >= 0.3 is 5.97 Å². The molecule has 0 saturated carbocycles. The molecule has 1 unspecified atom stereocenters. The summed E-state index contributed by atoms with van der Waals surface area (Å²) >= 11 is 0. The molecule has 0 radical (unpaired) electrons. The van der Waals surface area contributed by atoms with E-state index >= 15 is 0 Å². The number of hydrogen-bond acceptors (Lipinski definition) is 6. The molecular formula is C25H21N5O4. The number of ketones is 1. The minimum absolute atomic E-state index is 0.0422. The third-order valence-corrected chi connectivity index (χ3v) is 5.59. The van der Waals surface area contributed by atoms with E-state index in [1.54, 1.807) is 17.8 Å². The zero-order valence-electron chi connectivity index (χ0n) is 18.3. The van der Waals surface area contributed by atoms with Crippen LogP contribution in [0, 0.1) is 0 Å². The van der Waals surface area contributed by atoms with Crippen LogP contribution in [0.15, 0.2) is 71.8 Å². The molecule has 0 fully saturated rings. The van der Waals surface area contributed by atoms with Gasteiger partial charge in [-0.3, -0.25) is 14.4 Å². The predicted octanol–water partition coefficient (Wildman–Crippen LogP) is 3.34. The van der Waals surface area contributed by atoms with Crippen LogP contribution in [0.5, 0.6) is 0 Å². The Morgan fingerprint density at radius 3 is 2.65 bits per heavy atom. The largest absolute Gasteiger partial charge is 0.454 e. The van der Waals surface area contributed by atoms with Crippen molar-refractivity contribution < 1.29 is 14.3 Å². The molecule has 0 spiro atoms. The first-order valence-electron chi connectivity index (χ1n) is 10.8. The van der Waals surface area contributed by atoms with Gasteiger partial charge in [-0.2, -0.15) is 5.10 Å². The van der Waals surface area contributed by atoms with E-state index in [4.69, 9.17) is 4.74 Å². The summed E-state index contributed by atoms with van der Waals surface area (Å²) in [5.74, 6) is -0.506. The number of nitrogens with zero attached hydrogens (tertiary/aromatic N) is 3. The number of Topliss-reactive ketones (excluding diaryl/α,β-unsaturated/α-hetero) is 1. The number of esters is 1. The Hall–Kier alpha value is -4.53. The van der Waals surface area contributed by atoms with Gasteiger partial charge in [0.2, 0.25) is 5.78 Å². The Kier molecular flexibility index (Phi) is 5.51. The Morgan fingerprint density at radius 2 is 1.82 bits per heavy atom. The first-order valence-corrected chi connectivity index (χ1v) is 10.8. The van der Waals surface area contributed by atoms with Crippen molar-refractivity contribution in [1.29, 1.82) is 0 Å². The Bertz CT molecular complexity index is 1560. The van der Waals surface area contributed by atoms with Crippen molar-refractivity contribution in [2.75, 3.05) is 0 Å². The molecule has 2 N–H and O–H groups in total. The van der Waals surface area contributed by atoms with Crippen molar-refractivity contribution in [2.24, 2.45) is 0 Å². The molecule has 3 aromatic heterocycles. The Balaban J connectivity index is 1.28. The van der Waals surface area contributed by atoms with E-state index in [-0.39, 0.29) is 24.2 Å². The summed E-state index contributed by atoms with van der Waals surface area (Å²) in [5, 5.41) is 5.40. The summed E-state index contributed by atoms with van der Waals surface area (Å²) in [6.07, 6.45) is 2.25. The molecule has 0 aliphatic heterocycles. The number of carbonyl (C=O) groups excluding carboxylic acids is 2. The maximum absolute atomic E-state index is 12.8. The average Bonchev–Trinajstić information content (AvgIpc) is 3.48. The molecule has 1 atom stereocenters. The van der Waals surface area contributed by atoms with Crippen LogP contribution in [0.25, 0.3) is 27.6 Å². The van der Waals surface area contributed by atoms with Crippen LogP contribution in [0.3, 0.4) is 0 Å². The van der Waals surface area contributed by atoms with Crippen molar-refractivity contribution in [2.45, 2.75) is 25.9 Å². The van der Waals surface area contributed by atoms with Gasteiger partial charge in [0.05, 0.1) is 18.3 Å². The predicted molar refractivity (Wildman–Crippen MR) is 126 cm³/mol. The lowest BCUT2D eigenvalue weighted by atomic mass is 10.1. The van der Waals surface area contributed by atoms with Gasteiger partial charge in [0.1, 0.15) is 11.2 Å². The first kappa shape index (κ1) is 21.3. The zero-order valence-corrected chi connectivity index (χ0v) is 18.3. The lowest BCUT2D eigenvalue weighted by Crippen LogP contribution is -2.24. The number of aromatic nitrogens is 5.